The molecule has 4 rings (SSSR count). The summed E-state index contributed by atoms with van der Waals surface area (Å²) in [7, 11) is 0. The highest BCUT2D eigenvalue weighted by Gasteiger charge is 2.47. The van der Waals surface area contributed by atoms with Crippen LogP contribution in [0.2, 0.25) is 0 Å². The van der Waals surface area contributed by atoms with Gasteiger partial charge in [-0.15, -0.1) is 0 Å². The number of amides is 1. The number of hydrogen-bond acceptors (Lipinski definition) is 8. The van der Waals surface area contributed by atoms with Gasteiger partial charge in [0.05, 0.1) is 31.3 Å². The van der Waals surface area contributed by atoms with Crippen molar-refractivity contribution in [3.63, 3.8) is 0 Å². The van der Waals surface area contributed by atoms with E-state index in [0.717, 1.165) is 39.0 Å². The fourth-order valence-electron chi connectivity index (χ4n) is 4.76. The fraction of sp³-hybridized carbons (Fsp3) is 0.938. The molecule has 0 radical (unpaired) electrons. The van der Waals surface area contributed by atoms with Gasteiger partial charge >= 0.3 is 0 Å². The van der Waals surface area contributed by atoms with E-state index in [1.165, 1.54) is 0 Å². The lowest BCUT2D eigenvalue weighted by Crippen LogP contribution is -2.60. The van der Waals surface area contributed by atoms with Crippen molar-refractivity contribution in [2.45, 2.75) is 37.4 Å². The SMILES string of the molecule is NC1NN2CC(F)CNC2C1C(=O)NC1CNCCC1C1CCN=NC1. The van der Waals surface area contributed by atoms with E-state index in [1.54, 1.807) is 5.01 Å². The number of nitrogens with two attached hydrogens (primary N) is 1. The Labute approximate surface area is 152 Å². The normalized spacial score (nSPS) is 43.8. The molecule has 4 aliphatic rings. The Balaban J connectivity index is 1.41. The molecule has 0 aromatic heterocycles. The second-order valence-corrected chi connectivity index (χ2v) is 7.79. The third-order valence-electron chi connectivity index (χ3n) is 6.11. The Bertz CT molecular complexity index is 548. The number of fused-ring (bicyclic) bond motifs is 1. The second kappa shape index (κ2) is 7.81. The lowest BCUT2D eigenvalue weighted by Gasteiger charge is -2.39. The van der Waals surface area contributed by atoms with E-state index in [4.69, 9.17) is 5.73 Å². The highest BCUT2D eigenvalue weighted by Crippen LogP contribution is 2.29. The maximum Gasteiger partial charge on any atom is 0.229 e. The summed E-state index contributed by atoms with van der Waals surface area (Å²) in [6.07, 6.45) is 0.310. The number of piperidine rings is 1. The first-order chi connectivity index (χ1) is 12.6. The number of azo groups is 1. The zero-order chi connectivity index (χ0) is 18.1. The Kier molecular flexibility index (Phi) is 5.46. The molecule has 146 valence electrons. The average Bonchev–Trinajstić information content (AvgIpc) is 2.97. The minimum absolute atomic E-state index is 0.0633. The summed E-state index contributed by atoms with van der Waals surface area (Å²) < 4.78 is 13.6. The highest BCUT2D eigenvalue weighted by molar-refractivity contribution is 5.80. The van der Waals surface area contributed by atoms with Crippen molar-refractivity contribution < 1.29 is 9.18 Å². The van der Waals surface area contributed by atoms with Crippen LogP contribution in [0.15, 0.2) is 10.2 Å². The zero-order valence-corrected chi connectivity index (χ0v) is 14.9. The number of carbonyl (C=O) groups excluding carboxylic acids is 1. The maximum absolute atomic E-state index is 13.6. The summed E-state index contributed by atoms with van der Waals surface area (Å²) in [4.78, 5) is 13.0. The number of rotatable bonds is 3. The van der Waals surface area contributed by atoms with Gasteiger partial charge in [-0.1, -0.05) is 0 Å². The standard InChI is InChI=1S/C16H29FN8O/c17-10-6-20-15-13(14(18)24-25(15)8-10)16(26)23-12-7-19-3-2-11(12)9-1-4-21-22-5-9/h9-15,19-20,24H,1-8,18H2,(H,23,26). The second-order valence-electron chi connectivity index (χ2n) is 7.79. The largest absolute Gasteiger partial charge is 0.351 e. The van der Waals surface area contributed by atoms with Crippen LogP contribution >= 0.6 is 0 Å². The molecular weight excluding hydrogens is 339 g/mol. The molecule has 10 heteroatoms. The Morgan fingerprint density at radius 2 is 2.15 bits per heavy atom. The average molecular weight is 368 g/mol. The van der Waals surface area contributed by atoms with Crippen LogP contribution in [0.1, 0.15) is 12.8 Å². The highest BCUT2D eigenvalue weighted by atomic mass is 19.1. The lowest BCUT2D eigenvalue weighted by molar-refractivity contribution is -0.128. The van der Waals surface area contributed by atoms with E-state index in [-0.39, 0.29) is 31.2 Å². The van der Waals surface area contributed by atoms with Crippen molar-refractivity contribution in [2.75, 3.05) is 39.3 Å². The van der Waals surface area contributed by atoms with Gasteiger partial charge in [0.15, 0.2) is 0 Å². The van der Waals surface area contributed by atoms with Crippen LogP contribution in [0.5, 0.6) is 0 Å². The van der Waals surface area contributed by atoms with Crippen LogP contribution in [0, 0.1) is 17.8 Å². The van der Waals surface area contributed by atoms with Crippen molar-refractivity contribution in [2.24, 2.45) is 33.7 Å². The Morgan fingerprint density at radius 1 is 1.27 bits per heavy atom. The van der Waals surface area contributed by atoms with Gasteiger partial charge in [0.2, 0.25) is 5.91 Å². The summed E-state index contributed by atoms with van der Waals surface area (Å²) in [6.45, 7) is 3.74. The number of halogens is 1. The molecule has 4 heterocycles. The fourth-order valence-corrected chi connectivity index (χ4v) is 4.76. The third kappa shape index (κ3) is 3.61. The lowest BCUT2D eigenvalue weighted by atomic mass is 9.79. The monoisotopic (exact) mass is 368 g/mol. The van der Waals surface area contributed by atoms with Gasteiger partial charge < -0.3 is 16.4 Å². The van der Waals surface area contributed by atoms with Crippen LogP contribution in [0.3, 0.4) is 0 Å². The molecule has 0 saturated carbocycles. The van der Waals surface area contributed by atoms with E-state index >= 15 is 0 Å². The molecule has 4 aliphatic heterocycles. The predicted octanol–water partition coefficient (Wildman–Crippen LogP) is -1.46. The van der Waals surface area contributed by atoms with Crippen molar-refractivity contribution >= 4 is 5.91 Å². The van der Waals surface area contributed by atoms with Gasteiger partial charge in [-0.25, -0.2) is 14.8 Å². The summed E-state index contributed by atoms with van der Waals surface area (Å²) >= 11 is 0. The van der Waals surface area contributed by atoms with Gasteiger partial charge in [-0.3, -0.25) is 10.1 Å². The van der Waals surface area contributed by atoms with E-state index in [1.807, 2.05) is 0 Å². The van der Waals surface area contributed by atoms with E-state index in [0.29, 0.717) is 11.8 Å². The summed E-state index contributed by atoms with van der Waals surface area (Å²) in [5, 5.41) is 19.7. The van der Waals surface area contributed by atoms with Gasteiger partial charge in [-0.05, 0) is 31.2 Å². The first-order valence-electron chi connectivity index (χ1n) is 9.63. The number of nitrogens with zero attached hydrogens (tertiary/aromatic N) is 3. The van der Waals surface area contributed by atoms with Crippen LogP contribution < -0.4 is 27.1 Å². The molecule has 0 spiro atoms. The number of hydrazine groups is 1. The molecule has 26 heavy (non-hydrogen) atoms. The molecule has 0 aliphatic carbocycles. The first kappa shape index (κ1) is 18.2. The van der Waals surface area contributed by atoms with E-state index in [9.17, 15) is 9.18 Å². The van der Waals surface area contributed by atoms with Gasteiger partial charge in [0.1, 0.15) is 6.17 Å². The first-order valence-corrected chi connectivity index (χ1v) is 9.63. The molecule has 0 aromatic rings. The molecule has 0 aromatic carbocycles. The predicted molar refractivity (Wildman–Crippen MR) is 93.6 cm³/mol. The molecule has 0 bridgehead atoms. The number of nitrogens with one attached hydrogen (secondary N) is 4. The minimum atomic E-state index is -0.958. The van der Waals surface area contributed by atoms with Gasteiger partial charge in [-0.2, -0.15) is 10.2 Å². The van der Waals surface area contributed by atoms with Crippen LogP contribution in [-0.2, 0) is 4.79 Å². The van der Waals surface area contributed by atoms with Crippen molar-refractivity contribution in [3.8, 4) is 0 Å². The van der Waals surface area contributed by atoms with E-state index < -0.39 is 18.3 Å². The summed E-state index contributed by atoms with van der Waals surface area (Å²) in [5.41, 5.74) is 9.18. The number of hydrogen-bond donors (Lipinski definition) is 5. The maximum atomic E-state index is 13.6. The number of alkyl halides is 1. The van der Waals surface area contributed by atoms with E-state index in [2.05, 4.69) is 31.6 Å². The van der Waals surface area contributed by atoms with Gasteiger partial charge in [0.25, 0.3) is 0 Å². The van der Waals surface area contributed by atoms with Crippen molar-refractivity contribution in [1.29, 1.82) is 0 Å². The molecule has 9 nitrogen and oxygen atoms in total. The molecule has 3 saturated heterocycles. The van der Waals surface area contributed by atoms with Crippen LogP contribution in [0.4, 0.5) is 4.39 Å². The molecule has 7 atom stereocenters. The molecule has 1 amide bonds. The molecule has 3 fully saturated rings. The Hall–Kier alpha value is -1.20. The topological polar surface area (TPSA) is 119 Å². The van der Waals surface area contributed by atoms with Crippen LogP contribution in [-0.4, -0.2) is 74.7 Å². The summed E-state index contributed by atoms with van der Waals surface area (Å²) in [6, 6.07) is 0.0633. The minimum Gasteiger partial charge on any atom is -0.351 e. The van der Waals surface area contributed by atoms with Crippen molar-refractivity contribution in [1.82, 2.24) is 26.4 Å². The third-order valence-corrected chi connectivity index (χ3v) is 6.11. The number of carbonyl (C=O) groups is 1. The summed E-state index contributed by atoms with van der Waals surface area (Å²) in [5.74, 6) is 0.345. The van der Waals surface area contributed by atoms with Crippen LogP contribution in [0.25, 0.3) is 0 Å². The zero-order valence-electron chi connectivity index (χ0n) is 14.9. The molecular formula is C16H29FN8O. The van der Waals surface area contributed by atoms with Crippen molar-refractivity contribution in [3.05, 3.63) is 0 Å². The molecule has 7 unspecified atom stereocenters. The Morgan fingerprint density at radius 3 is 2.96 bits per heavy atom. The van der Waals surface area contributed by atoms with Gasteiger partial charge in [0, 0.05) is 25.7 Å². The molecule has 6 N–H and O–H groups in total. The smallest absolute Gasteiger partial charge is 0.229 e. The quantitative estimate of drug-likeness (QED) is 0.415.